The van der Waals surface area contributed by atoms with Crippen molar-refractivity contribution in [2.24, 2.45) is 5.41 Å². The summed E-state index contributed by atoms with van der Waals surface area (Å²) in [7, 11) is 0. The Balaban J connectivity index is 1.87. The number of benzene rings is 1. The molecule has 0 aliphatic carbocycles. The third kappa shape index (κ3) is 3.63. The van der Waals surface area contributed by atoms with E-state index in [4.69, 9.17) is 4.74 Å². The minimum absolute atomic E-state index is 0.0416. The molecule has 1 N–H and O–H groups in total. The highest BCUT2D eigenvalue weighted by Crippen LogP contribution is 2.39. The first-order valence-electron chi connectivity index (χ1n) is 9.62. The Labute approximate surface area is 165 Å². The fraction of sp³-hybridized carbons (Fsp3) is 0.571. The van der Waals surface area contributed by atoms with Crippen molar-refractivity contribution in [1.29, 1.82) is 0 Å². The third-order valence-electron chi connectivity index (χ3n) is 5.50. The molecular weight excluding hydrogens is 360 g/mol. The Hall–Kier alpha value is -2.41. The van der Waals surface area contributed by atoms with Gasteiger partial charge in [0.25, 0.3) is 5.91 Å². The monoisotopic (exact) mass is 388 g/mol. The van der Waals surface area contributed by atoms with Gasteiger partial charge in [0.1, 0.15) is 5.72 Å². The molecule has 152 valence electrons. The largest absolute Gasteiger partial charge is 0.480 e. The Bertz CT molecular complexity index is 790. The summed E-state index contributed by atoms with van der Waals surface area (Å²) in [6, 6.07) is 6.09. The molecule has 7 heteroatoms. The molecule has 1 aromatic carbocycles. The number of hydrogen-bond acceptors (Lipinski definition) is 4. The smallest absolute Gasteiger partial charge is 0.328 e. The zero-order chi connectivity index (χ0) is 20.7. The molecular formula is C21H28N2O5. The molecule has 1 spiro atoms. The van der Waals surface area contributed by atoms with Gasteiger partial charge in [-0.15, -0.1) is 0 Å². The lowest BCUT2D eigenvalue weighted by atomic mass is 9.91. The Morgan fingerprint density at radius 1 is 1.18 bits per heavy atom. The van der Waals surface area contributed by atoms with E-state index >= 15 is 0 Å². The van der Waals surface area contributed by atoms with E-state index in [1.165, 1.54) is 4.90 Å². The number of carboxylic acid groups (broad SMARTS) is 1. The van der Waals surface area contributed by atoms with Crippen molar-refractivity contribution in [2.75, 3.05) is 19.7 Å². The van der Waals surface area contributed by atoms with E-state index in [-0.39, 0.29) is 18.4 Å². The lowest BCUT2D eigenvalue weighted by molar-refractivity contribution is -0.152. The standard InChI is InChI=1S/C21H28N2O5/c1-14-6-5-7-15(12-14)17(24)23-16(18(25)26)13-28-21(23)8-10-22(11-9-21)19(27)20(2,3)4/h5-7,12,16H,8-11,13H2,1-4H3,(H,25,26)/t16-/m0/s1. The van der Waals surface area contributed by atoms with E-state index in [1.54, 1.807) is 23.1 Å². The number of aryl methyl sites for hydroxylation is 1. The Morgan fingerprint density at radius 2 is 1.82 bits per heavy atom. The van der Waals surface area contributed by atoms with Gasteiger partial charge >= 0.3 is 5.97 Å². The van der Waals surface area contributed by atoms with E-state index in [2.05, 4.69) is 0 Å². The molecule has 0 unspecified atom stereocenters. The number of piperidine rings is 1. The number of likely N-dealkylation sites (tertiary alicyclic amines) is 1. The molecule has 0 bridgehead atoms. The maximum atomic E-state index is 13.3. The van der Waals surface area contributed by atoms with Crippen LogP contribution in [0.2, 0.25) is 0 Å². The number of ether oxygens (including phenoxy) is 1. The summed E-state index contributed by atoms with van der Waals surface area (Å²) in [4.78, 5) is 40.8. The molecule has 1 aromatic rings. The van der Waals surface area contributed by atoms with Gasteiger partial charge in [0.15, 0.2) is 6.04 Å². The molecule has 0 aromatic heterocycles. The second-order valence-corrected chi connectivity index (χ2v) is 8.70. The summed E-state index contributed by atoms with van der Waals surface area (Å²) in [6.07, 6.45) is 0.798. The van der Waals surface area contributed by atoms with Gasteiger partial charge in [-0.3, -0.25) is 14.5 Å². The van der Waals surface area contributed by atoms with Crippen LogP contribution in [0.5, 0.6) is 0 Å². The highest BCUT2D eigenvalue weighted by Gasteiger charge is 2.54. The maximum absolute atomic E-state index is 13.3. The summed E-state index contributed by atoms with van der Waals surface area (Å²) in [5.41, 5.74) is -0.0953. The molecule has 2 aliphatic rings. The predicted octanol–water partition coefficient (Wildman–Crippen LogP) is 2.29. The molecule has 2 aliphatic heterocycles. The van der Waals surface area contributed by atoms with Gasteiger partial charge in [0, 0.05) is 36.9 Å². The molecule has 3 rings (SSSR count). The second kappa shape index (κ2) is 7.20. The van der Waals surface area contributed by atoms with Crippen LogP contribution in [0.25, 0.3) is 0 Å². The molecule has 1 atom stereocenters. The molecule has 2 amide bonds. The number of hydrogen-bond donors (Lipinski definition) is 1. The van der Waals surface area contributed by atoms with E-state index in [9.17, 15) is 19.5 Å². The Morgan fingerprint density at radius 3 is 2.36 bits per heavy atom. The topological polar surface area (TPSA) is 87.2 Å². The number of carbonyl (C=O) groups is 3. The van der Waals surface area contributed by atoms with Crippen molar-refractivity contribution in [1.82, 2.24) is 9.80 Å². The van der Waals surface area contributed by atoms with Gasteiger partial charge < -0.3 is 14.7 Å². The normalized spacial score (nSPS) is 21.8. The van der Waals surface area contributed by atoms with Crippen molar-refractivity contribution < 1.29 is 24.2 Å². The number of carboxylic acids is 1. The maximum Gasteiger partial charge on any atom is 0.328 e. The van der Waals surface area contributed by atoms with E-state index in [0.29, 0.717) is 31.5 Å². The van der Waals surface area contributed by atoms with Crippen LogP contribution in [-0.2, 0) is 14.3 Å². The zero-order valence-electron chi connectivity index (χ0n) is 16.9. The van der Waals surface area contributed by atoms with E-state index in [1.807, 2.05) is 33.8 Å². The first kappa shape index (κ1) is 20.3. The number of rotatable bonds is 2. The summed E-state index contributed by atoms with van der Waals surface area (Å²) < 4.78 is 5.94. The van der Waals surface area contributed by atoms with Crippen molar-refractivity contribution in [3.8, 4) is 0 Å². The van der Waals surface area contributed by atoms with Crippen LogP contribution in [0, 0.1) is 12.3 Å². The number of nitrogens with zero attached hydrogens (tertiary/aromatic N) is 2. The van der Waals surface area contributed by atoms with Gasteiger partial charge in [-0.1, -0.05) is 38.5 Å². The van der Waals surface area contributed by atoms with Gasteiger partial charge in [0.2, 0.25) is 5.91 Å². The van der Waals surface area contributed by atoms with Crippen LogP contribution in [0.4, 0.5) is 0 Å². The third-order valence-corrected chi connectivity index (χ3v) is 5.50. The van der Waals surface area contributed by atoms with Gasteiger partial charge in [0.05, 0.1) is 6.61 Å². The van der Waals surface area contributed by atoms with Crippen LogP contribution in [-0.4, -0.2) is 64.2 Å². The van der Waals surface area contributed by atoms with Crippen molar-refractivity contribution in [2.45, 2.75) is 52.3 Å². The summed E-state index contributed by atoms with van der Waals surface area (Å²) in [5.74, 6) is -1.37. The first-order chi connectivity index (χ1) is 13.0. The van der Waals surface area contributed by atoms with Crippen LogP contribution in [0.3, 0.4) is 0 Å². The van der Waals surface area contributed by atoms with Crippen molar-refractivity contribution in [3.63, 3.8) is 0 Å². The summed E-state index contributed by atoms with van der Waals surface area (Å²) in [5, 5.41) is 9.66. The number of aliphatic carboxylic acids is 1. The number of amides is 2. The molecule has 2 heterocycles. The number of carbonyl (C=O) groups excluding carboxylic acids is 2. The van der Waals surface area contributed by atoms with Crippen LogP contribution in [0.15, 0.2) is 24.3 Å². The lowest BCUT2D eigenvalue weighted by Gasteiger charge is -2.45. The molecule has 7 nitrogen and oxygen atoms in total. The van der Waals surface area contributed by atoms with Crippen LogP contribution < -0.4 is 0 Å². The lowest BCUT2D eigenvalue weighted by Crippen LogP contribution is -2.59. The predicted molar refractivity (Wildman–Crippen MR) is 103 cm³/mol. The highest BCUT2D eigenvalue weighted by atomic mass is 16.5. The highest BCUT2D eigenvalue weighted by molar-refractivity contribution is 5.97. The summed E-state index contributed by atoms with van der Waals surface area (Å²) in [6.45, 7) is 8.33. The first-order valence-corrected chi connectivity index (χ1v) is 9.62. The SMILES string of the molecule is Cc1cccc(C(=O)N2[C@H](C(=O)O)COC23CCN(C(=O)C(C)(C)C)CC3)c1. The zero-order valence-corrected chi connectivity index (χ0v) is 16.9. The van der Waals surface area contributed by atoms with Gasteiger partial charge in [-0.25, -0.2) is 4.79 Å². The minimum Gasteiger partial charge on any atom is -0.480 e. The fourth-order valence-corrected chi connectivity index (χ4v) is 4.01. The fourth-order valence-electron chi connectivity index (χ4n) is 4.01. The van der Waals surface area contributed by atoms with E-state index < -0.39 is 23.2 Å². The van der Waals surface area contributed by atoms with Crippen LogP contribution >= 0.6 is 0 Å². The molecule has 2 saturated heterocycles. The average molecular weight is 388 g/mol. The molecule has 0 saturated carbocycles. The minimum atomic E-state index is -1.08. The quantitative estimate of drug-likeness (QED) is 0.840. The average Bonchev–Trinajstić information content (AvgIpc) is 2.99. The van der Waals surface area contributed by atoms with Gasteiger partial charge in [-0.05, 0) is 19.1 Å². The molecule has 2 fully saturated rings. The molecule has 28 heavy (non-hydrogen) atoms. The van der Waals surface area contributed by atoms with Crippen LogP contribution in [0.1, 0.15) is 49.5 Å². The summed E-state index contributed by atoms with van der Waals surface area (Å²) >= 11 is 0. The molecule has 0 radical (unpaired) electrons. The second-order valence-electron chi connectivity index (χ2n) is 8.70. The van der Waals surface area contributed by atoms with Crippen molar-refractivity contribution in [3.05, 3.63) is 35.4 Å². The van der Waals surface area contributed by atoms with Gasteiger partial charge in [-0.2, -0.15) is 0 Å². The Kier molecular flexibility index (Phi) is 5.23. The van der Waals surface area contributed by atoms with E-state index in [0.717, 1.165) is 5.56 Å². The van der Waals surface area contributed by atoms with Crippen molar-refractivity contribution >= 4 is 17.8 Å².